The average Bonchev–Trinajstić information content (AvgIpc) is 2.29. The maximum Gasteiger partial charge on any atom is 0.405 e. The predicted octanol–water partition coefficient (Wildman–Crippen LogP) is 2.08. The molecule has 0 spiro atoms. The Morgan fingerprint density at radius 1 is 1.42 bits per heavy atom. The number of amides is 2. The quantitative estimate of drug-likeness (QED) is 0.699. The van der Waals surface area contributed by atoms with E-state index in [1.807, 2.05) is 0 Å². The molecular weight excluding hydrogens is 279 g/mol. The smallest absolute Gasteiger partial charge is 0.391 e. The van der Waals surface area contributed by atoms with Gasteiger partial charge in [0, 0.05) is 0 Å². The second-order valence-corrected chi connectivity index (χ2v) is 5.49. The molecule has 8 heteroatoms. The van der Waals surface area contributed by atoms with E-state index in [1.165, 1.54) is 0 Å². The zero-order chi connectivity index (χ0) is 14.7. The van der Waals surface area contributed by atoms with Gasteiger partial charge in [-0.1, -0.05) is 19.1 Å². The average molecular weight is 297 g/mol. The fourth-order valence-corrected chi connectivity index (χ4v) is 2.39. The van der Waals surface area contributed by atoms with E-state index < -0.39 is 24.3 Å². The van der Waals surface area contributed by atoms with Crippen LogP contribution in [-0.4, -0.2) is 29.3 Å². The summed E-state index contributed by atoms with van der Waals surface area (Å²) in [5.41, 5.74) is 4.78. The van der Waals surface area contributed by atoms with Crippen molar-refractivity contribution in [1.82, 2.24) is 10.6 Å². The third-order valence-electron chi connectivity index (χ3n) is 3.40. The lowest BCUT2D eigenvalue weighted by Crippen LogP contribution is -2.60. The number of nitrogens with one attached hydrogen (secondary N) is 2. The zero-order valence-corrected chi connectivity index (χ0v) is 11.5. The van der Waals surface area contributed by atoms with Gasteiger partial charge < -0.3 is 16.4 Å². The monoisotopic (exact) mass is 297 g/mol. The fraction of sp³-hybridized carbons (Fsp3) is 0.818. The molecule has 1 aliphatic carbocycles. The maximum atomic E-state index is 12.0. The highest BCUT2D eigenvalue weighted by Crippen LogP contribution is 2.32. The molecule has 0 atom stereocenters. The Kier molecular flexibility index (Phi) is 5.00. The van der Waals surface area contributed by atoms with Crippen molar-refractivity contribution in [3.63, 3.8) is 0 Å². The third kappa shape index (κ3) is 4.85. The van der Waals surface area contributed by atoms with Crippen LogP contribution in [0.4, 0.5) is 18.0 Å². The van der Waals surface area contributed by atoms with Crippen molar-refractivity contribution in [3.8, 4) is 0 Å². The van der Waals surface area contributed by atoms with Crippen molar-refractivity contribution in [2.45, 2.75) is 44.3 Å². The van der Waals surface area contributed by atoms with Gasteiger partial charge in [0.2, 0.25) is 0 Å². The van der Waals surface area contributed by atoms with Gasteiger partial charge in [-0.15, -0.1) is 0 Å². The molecule has 0 radical (unpaired) electrons. The van der Waals surface area contributed by atoms with Crippen LogP contribution in [0.3, 0.4) is 0 Å². The Balaban J connectivity index is 2.59. The molecule has 0 unspecified atom stereocenters. The summed E-state index contributed by atoms with van der Waals surface area (Å²) < 4.78 is 36.0. The van der Waals surface area contributed by atoms with Crippen LogP contribution in [0.15, 0.2) is 0 Å². The van der Waals surface area contributed by atoms with Crippen LogP contribution in [0.2, 0.25) is 0 Å². The van der Waals surface area contributed by atoms with E-state index in [9.17, 15) is 18.0 Å². The third-order valence-corrected chi connectivity index (χ3v) is 3.79. The molecule has 0 aromatic heterocycles. The summed E-state index contributed by atoms with van der Waals surface area (Å²) >= 11 is 4.96. The van der Waals surface area contributed by atoms with E-state index >= 15 is 0 Å². The molecule has 1 fully saturated rings. The summed E-state index contributed by atoms with van der Waals surface area (Å²) in [6.07, 6.45) is -1.66. The zero-order valence-electron chi connectivity index (χ0n) is 10.6. The number of rotatable bonds is 3. The number of hydrogen-bond acceptors (Lipinski definition) is 2. The lowest BCUT2D eigenvalue weighted by molar-refractivity contribution is -0.122. The Labute approximate surface area is 115 Å². The van der Waals surface area contributed by atoms with Crippen molar-refractivity contribution < 1.29 is 18.0 Å². The van der Waals surface area contributed by atoms with E-state index in [2.05, 4.69) is 12.2 Å². The normalized spacial score (nSPS) is 27.7. The minimum atomic E-state index is -4.44. The van der Waals surface area contributed by atoms with Crippen molar-refractivity contribution >= 4 is 23.2 Å². The van der Waals surface area contributed by atoms with Crippen LogP contribution in [-0.2, 0) is 0 Å². The first-order chi connectivity index (χ1) is 8.65. The fourth-order valence-electron chi connectivity index (χ4n) is 2.13. The Morgan fingerprint density at radius 3 is 2.37 bits per heavy atom. The first-order valence-electron chi connectivity index (χ1n) is 6.07. The van der Waals surface area contributed by atoms with E-state index in [1.54, 1.807) is 5.32 Å². The van der Waals surface area contributed by atoms with Gasteiger partial charge in [0.25, 0.3) is 0 Å². The Bertz CT molecular complexity index is 352. The SMILES string of the molecule is CC1CCC(NC(=O)NCC(F)(F)F)(C(N)=S)CC1. The maximum absolute atomic E-state index is 12.0. The van der Waals surface area contributed by atoms with Gasteiger partial charge in [0.1, 0.15) is 6.54 Å². The lowest BCUT2D eigenvalue weighted by Gasteiger charge is -2.39. The number of halogens is 3. The van der Waals surface area contributed by atoms with Crippen LogP contribution in [0.1, 0.15) is 32.6 Å². The predicted molar refractivity (Wildman–Crippen MR) is 69.7 cm³/mol. The molecule has 0 saturated heterocycles. The highest BCUT2D eigenvalue weighted by atomic mass is 32.1. The molecule has 4 N–H and O–H groups in total. The van der Waals surface area contributed by atoms with Crippen LogP contribution in [0, 0.1) is 5.92 Å². The number of carbonyl (C=O) groups excluding carboxylic acids is 1. The lowest BCUT2D eigenvalue weighted by atomic mass is 9.77. The highest BCUT2D eigenvalue weighted by Gasteiger charge is 2.39. The minimum absolute atomic E-state index is 0.126. The van der Waals surface area contributed by atoms with Gasteiger partial charge >= 0.3 is 12.2 Å². The van der Waals surface area contributed by atoms with Gasteiger partial charge in [0.05, 0.1) is 10.5 Å². The number of urea groups is 1. The van der Waals surface area contributed by atoms with Crippen molar-refractivity contribution in [2.75, 3.05) is 6.54 Å². The van der Waals surface area contributed by atoms with E-state index in [0.717, 1.165) is 12.8 Å². The van der Waals surface area contributed by atoms with Crippen molar-refractivity contribution in [2.24, 2.45) is 11.7 Å². The summed E-state index contributed by atoms with van der Waals surface area (Å²) in [5, 5.41) is 4.28. The highest BCUT2D eigenvalue weighted by molar-refractivity contribution is 7.80. The standard InChI is InChI=1S/C11H18F3N3OS/c1-7-2-4-10(5-3-7,8(15)19)17-9(18)16-6-11(12,13)14/h7H,2-6H2,1H3,(H2,15,19)(H2,16,17,18). The van der Waals surface area contributed by atoms with Crippen molar-refractivity contribution in [1.29, 1.82) is 0 Å². The molecule has 0 aromatic rings. The number of carbonyl (C=O) groups is 1. The number of thiocarbonyl (C=S) groups is 1. The van der Waals surface area contributed by atoms with Crippen LogP contribution >= 0.6 is 12.2 Å². The number of hydrogen-bond donors (Lipinski definition) is 3. The molecule has 0 aliphatic heterocycles. The summed E-state index contributed by atoms with van der Waals surface area (Å²) in [7, 11) is 0. The first kappa shape index (κ1) is 16.0. The van der Waals surface area contributed by atoms with Gasteiger partial charge in [-0.3, -0.25) is 0 Å². The minimum Gasteiger partial charge on any atom is -0.391 e. The molecule has 4 nitrogen and oxygen atoms in total. The molecular formula is C11H18F3N3OS. The van der Waals surface area contributed by atoms with Crippen LogP contribution in [0.25, 0.3) is 0 Å². The number of alkyl halides is 3. The van der Waals surface area contributed by atoms with Crippen LogP contribution < -0.4 is 16.4 Å². The summed E-state index contributed by atoms with van der Waals surface area (Å²) in [4.78, 5) is 11.6. The molecule has 2 amide bonds. The van der Waals surface area contributed by atoms with E-state index in [0.29, 0.717) is 18.8 Å². The number of nitrogens with two attached hydrogens (primary N) is 1. The largest absolute Gasteiger partial charge is 0.405 e. The molecule has 1 saturated carbocycles. The Hall–Kier alpha value is -1.05. The molecule has 0 heterocycles. The molecule has 0 bridgehead atoms. The van der Waals surface area contributed by atoms with Gasteiger partial charge in [-0.2, -0.15) is 13.2 Å². The van der Waals surface area contributed by atoms with Crippen LogP contribution in [0.5, 0.6) is 0 Å². The molecule has 110 valence electrons. The molecule has 0 aromatic carbocycles. The summed E-state index contributed by atoms with van der Waals surface area (Å²) in [5.74, 6) is 0.502. The van der Waals surface area contributed by atoms with Crippen molar-refractivity contribution in [3.05, 3.63) is 0 Å². The topological polar surface area (TPSA) is 67.2 Å². The molecule has 19 heavy (non-hydrogen) atoms. The van der Waals surface area contributed by atoms with E-state index in [4.69, 9.17) is 18.0 Å². The van der Waals surface area contributed by atoms with E-state index in [-0.39, 0.29) is 4.99 Å². The summed E-state index contributed by atoms with van der Waals surface area (Å²) in [6, 6.07) is -0.889. The second kappa shape index (κ2) is 5.94. The van der Waals surface area contributed by atoms with Gasteiger partial charge in [-0.25, -0.2) is 4.79 Å². The first-order valence-corrected chi connectivity index (χ1v) is 6.48. The summed E-state index contributed by atoms with van der Waals surface area (Å²) in [6.45, 7) is 0.704. The van der Waals surface area contributed by atoms with Gasteiger partial charge in [-0.05, 0) is 31.6 Å². The Morgan fingerprint density at radius 2 is 1.95 bits per heavy atom. The molecule has 1 rings (SSSR count). The van der Waals surface area contributed by atoms with Gasteiger partial charge in [0.15, 0.2) is 0 Å². The second-order valence-electron chi connectivity index (χ2n) is 5.05. The molecule has 1 aliphatic rings.